The van der Waals surface area contributed by atoms with Gasteiger partial charge in [-0.2, -0.15) is 0 Å². The third kappa shape index (κ3) is 6.73. The van der Waals surface area contributed by atoms with Crippen LogP contribution in [0.4, 0.5) is 15.8 Å². The minimum Gasteiger partial charge on any atom is -0.494 e. The van der Waals surface area contributed by atoms with Crippen molar-refractivity contribution in [2.45, 2.75) is 50.9 Å². The molecule has 3 aromatic rings. The van der Waals surface area contributed by atoms with Gasteiger partial charge in [0.2, 0.25) is 0 Å². The van der Waals surface area contributed by atoms with Crippen LogP contribution in [0.1, 0.15) is 32.6 Å². The topological polar surface area (TPSA) is 71.5 Å². The maximum absolute atomic E-state index is 14.5. The van der Waals surface area contributed by atoms with Gasteiger partial charge in [-0.3, -0.25) is 4.79 Å². The van der Waals surface area contributed by atoms with Crippen molar-refractivity contribution in [2.75, 3.05) is 36.0 Å². The van der Waals surface area contributed by atoms with E-state index < -0.39 is 5.97 Å². The van der Waals surface area contributed by atoms with E-state index in [-0.39, 0.29) is 30.5 Å². The lowest BCUT2D eigenvalue weighted by Gasteiger charge is -2.34. The Morgan fingerprint density at radius 3 is 2.42 bits per heavy atom. The molecule has 40 heavy (non-hydrogen) atoms. The summed E-state index contributed by atoms with van der Waals surface area (Å²) in [6, 6.07) is 19.8. The van der Waals surface area contributed by atoms with Crippen molar-refractivity contribution in [3.05, 3.63) is 77.6 Å². The molecule has 2 atom stereocenters. The molecule has 2 heterocycles. The van der Waals surface area contributed by atoms with Crippen molar-refractivity contribution in [2.24, 2.45) is 0 Å². The Labute approximate surface area is 239 Å². The Morgan fingerprint density at radius 2 is 1.73 bits per heavy atom. The SMILES string of the molecule is CCOc1ccc(F)c(N2CCC(Oc3ccc(N4C[C@H](Oc5ccccc5Cl)C[C@@H]4CC(=O)O)cc3)CC2)c1. The van der Waals surface area contributed by atoms with Gasteiger partial charge in [0.15, 0.2) is 0 Å². The number of benzene rings is 3. The molecule has 0 aromatic heterocycles. The number of nitrogens with zero attached hydrogens (tertiary/aromatic N) is 2. The molecule has 0 radical (unpaired) electrons. The van der Waals surface area contributed by atoms with Gasteiger partial charge in [-0.1, -0.05) is 23.7 Å². The van der Waals surface area contributed by atoms with Gasteiger partial charge >= 0.3 is 5.97 Å². The van der Waals surface area contributed by atoms with E-state index in [1.54, 1.807) is 18.2 Å². The maximum Gasteiger partial charge on any atom is 0.305 e. The molecule has 2 saturated heterocycles. The molecule has 7 nitrogen and oxygen atoms in total. The van der Waals surface area contributed by atoms with Crippen LogP contribution in [0.15, 0.2) is 66.7 Å². The van der Waals surface area contributed by atoms with E-state index in [1.807, 2.05) is 54.3 Å². The Bertz CT molecular complexity index is 1300. The summed E-state index contributed by atoms with van der Waals surface area (Å²) in [5, 5.41) is 10.0. The van der Waals surface area contributed by atoms with Crippen molar-refractivity contribution in [3.8, 4) is 17.2 Å². The molecule has 0 unspecified atom stereocenters. The Morgan fingerprint density at radius 1 is 1.00 bits per heavy atom. The van der Waals surface area contributed by atoms with Crippen molar-refractivity contribution < 1.29 is 28.5 Å². The van der Waals surface area contributed by atoms with Gasteiger partial charge in [-0.15, -0.1) is 0 Å². The molecule has 2 aliphatic rings. The Balaban J connectivity index is 1.19. The minimum atomic E-state index is -0.843. The normalized spacial score (nSPS) is 19.5. The van der Waals surface area contributed by atoms with Crippen LogP contribution in [0.3, 0.4) is 0 Å². The highest BCUT2D eigenvalue weighted by Crippen LogP contribution is 2.34. The van der Waals surface area contributed by atoms with E-state index in [0.717, 1.165) is 24.3 Å². The number of carbonyl (C=O) groups is 1. The van der Waals surface area contributed by atoms with Gasteiger partial charge in [0.25, 0.3) is 0 Å². The second-order valence-corrected chi connectivity index (χ2v) is 10.6. The van der Waals surface area contributed by atoms with Crippen molar-refractivity contribution in [1.29, 1.82) is 0 Å². The molecule has 5 rings (SSSR count). The number of aliphatic carboxylic acids is 1. The van der Waals surface area contributed by atoms with Crippen LogP contribution < -0.4 is 24.0 Å². The van der Waals surface area contributed by atoms with Gasteiger partial charge in [0.05, 0.1) is 30.3 Å². The number of rotatable bonds is 10. The number of piperidine rings is 1. The summed E-state index contributed by atoms with van der Waals surface area (Å²) < 4.78 is 32.4. The van der Waals surface area contributed by atoms with E-state index in [0.29, 0.717) is 54.9 Å². The van der Waals surface area contributed by atoms with Crippen molar-refractivity contribution in [1.82, 2.24) is 0 Å². The third-order valence-corrected chi connectivity index (χ3v) is 7.71. The molecule has 0 aliphatic carbocycles. The number of halogens is 2. The first-order chi connectivity index (χ1) is 19.4. The second-order valence-electron chi connectivity index (χ2n) is 10.2. The summed E-state index contributed by atoms with van der Waals surface area (Å²) in [4.78, 5) is 15.7. The number of carboxylic acid groups (broad SMARTS) is 1. The molecule has 0 bridgehead atoms. The highest BCUT2D eigenvalue weighted by atomic mass is 35.5. The summed E-state index contributed by atoms with van der Waals surface area (Å²) >= 11 is 6.27. The lowest BCUT2D eigenvalue weighted by atomic mass is 10.1. The van der Waals surface area contributed by atoms with E-state index >= 15 is 0 Å². The monoisotopic (exact) mass is 568 g/mol. The first-order valence-electron chi connectivity index (χ1n) is 13.7. The van der Waals surface area contributed by atoms with Gasteiger partial charge in [-0.25, -0.2) is 4.39 Å². The van der Waals surface area contributed by atoms with E-state index in [2.05, 4.69) is 4.90 Å². The Kier molecular flexibility index (Phi) is 8.85. The van der Waals surface area contributed by atoms with Crippen LogP contribution in [0.5, 0.6) is 17.2 Å². The molecule has 0 amide bonds. The molecular formula is C31H34ClFN2O5. The molecule has 9 heteroatoms. The summed E-state index contributed by atoms with van der Waals surface area (Å²) in [5.74, 6) is 0.933. The number of anilines is 2. The number of hydrogen-bond donors (Lipinski definition) is 1. The summed E-state index contributed by atoms with van der Waals surface area (Å²) in [6.07, 6.45) is 2.00. The van der Waals surface area contributed by atoms with Gasteiger partial charge < -0.3 is 29.1 Å². The number of ether oxygens (including phenoxy) is 3. The first-order valence-corrected chi connectivity index (χ1v) is 14.1. The van der Waals surface area contributed by atoms with Gasteiger partial charge in [-0.05, 0) is 55.5 Å². The van der Waals surface area contributed by atoms with Gasteiger partial charge in [0, 0.05) is 50.1 Å². The Hall–Kier alpha value is -3.65. The fraction of sp³-hybridized carbons (Fsp3) is 0.387. The molecular weight excluding hydrogens is 535 g/mol. The summed E-state index contributed by atoms with van der Waals surface area (Å²) in [5.41, 5.74) is 1.48. The predicted molar refractivity (Wildman–Crippen MR) is 154 cm³/mol. The predicted octanol–water partition coefficient (Wildman–Crippen LogP) is 6.43. The van der Waals surface area contributed by atoms with Crippen LogP contribution in [-0.4, -0.2) is 55.6 Å². The molecule has 3 aromatic carbocycles. The zero-order valence-electron chi connectivity index (χ0n) is 22.5. The fourth-order valence-corrected chi connectivity index (χ4v) is 5.68. The van der Waals surface area contributed by atoms with Crippen LogP contribution in [0, 0.1) is 5.82 Å². The summed E-state index contributed by atoms with van der Waals surface area (Å²) in [6.45, 7) is 4.38. The lowest BCUT2D eigenvalue weighted by Crippen LogP contribution is -2.38. The zero-order chi connectivity index (χ0) is 28.1. The van der Waals surface area contributed by atoms with E-state index in [9.17, 15) is 14.3 Å². The molecule has 2 aliphatic heterocycles. The standard InChI is InChI=1S/C31H34ClFN2O5/c1-2-38-25-11-12-28(33)29(19-25)34-15-13-24(14-16-34)39-23-9-7-21(8-10-23)35-20-26(17-22(35)18-31(36)37)40-30-6-4-3-5-27(30)32/h3-12,19,22,24,26H,2,13-18,20H2,1H3,(H,36,37)/t22-,26-/m1/s1. The number of carboxylic acids is 1. The van der Waals surface area contributed by atoms with Crippen LogP contribution >= 0.6 is 11.6 Å². The highest BCUT2D eigenvalue weighted by Gasteiger charge is 2.35. The number of para-hydroxylation sites is 1. The van der Waals surface area contributed by atoms with Crippen molar-refractivity contribution in [3.63, 3.8) is 0 Å². The minimum absolute atomic E-state index is 0.0211. The number of hydrogen-bond acceptors (Lipinski definition) is 6. The third-order valence-electron chi connectivity index (χ3n) is 7.40. The lowest BCUT2D eigenvalue weighted by molar-refractivity contribution is -0.137. The fourth-order valence-electron chi connectivity index (χ4n) is 5.50. The average Bonchev–Trinajstić information content (AvgIpc) is 3.33. The van der Waals surface area contributed by atoms with Crippen LogP contribution in [0.2, 0.25) is 5.02 Å². The molecule has 0 saturated carbocycles. The van der Waals surface area contributed by atoms with E-state index in [4.69, 9.17) is 25.8 Å². The zero-order valence-corrected chi connectivity index (χ0v) is 23.2. The molecule has 1 N–H and O–H groups in total. The largest absolute Gasteiger partial charge is 0.494 e. The molecule has 0 spiro atoms. The summed E-state index contributed by atoms with van der Waals surface area (Å²) in [7, 11) is 0. The van der Waals surface area contributed by atoms with Crippen molar-refractivity contribution >= 4 is 28.9 Å². The maximum atomic E-state index is 14.5. The van der Waals surface area contributed by atoms with Crippen LogP contribution in [-0.2, 0) is 4.79 Å². The average molecular weight is 569 g/mol. The van der Waals surface area contributed by atoms with Crippen LogP contribution in [0.25, 0.3) is 0 Å². The molecule has 2 fully saturated rings. The molecule has 212 valence electrons. The quantitative estimate of drug-likeness (QED) is 0.302. The highest BCUT2D eigenvalue weighted by molar-refractivity contribution is 6.32. The van der Waals surface area contributed by atoms with E-state index in [1.165, 1.54) is 6.07 Å². The first kappa shape index (κ1) is 27.9. The smallest absolute Gasteiger partial charge is 0.305 e. The van der Waals surface area contributed by atoms with Gasteiger partial charge in [0.1, 0.15) is 35.3 Å². The second kappa shape index (κ2) is 12.7.